The third-order valence-corrected chi connectivity index (χ3v) is 8.79. The lowest BCUT2D eigenvalue weighted by Gasteiger charge is -2.44. The Balaban J connectivity index is 1.69. The van der Waals surface area contributed by atoms with Gasteiger partial charge in [-0.05, 0) is 22.3 Å². The number of carbonyl (C=O) groups is 8. The number of hydrogen-bond donors (Lipinski definition) is 0. The molecule has 0 bridgehead atoms. The molecule has 10 atom stereocenters. The molecule has 0 spiro atoms. The van der Waals surface area contributed by atoms with Crippen molar-refractivity contribution < 1.29 is 85.7 Å². The molecule has 2 aliphatic heterocycles. The van der Waals surface area contributed by atoms with Crippen molar-refractivity contribution in [1.82, 2.24) is 0 Å². The fourth-order valence-corrected chi connectivity index (χ4v) is 6.72. The normalized spacial score (nSPS) is 26.5. The van der Waals surface area contributed by atoms with Crippen molar-refractivity contribution in [1.29, 1.82) is 0 Å². The van der Waals surface area contributed by atoms with E-state index >= 15 is 0 Å². The van der Waals surface area contributed by atoms with E-state index in [0.717, 1.165) is 41.5 Å². The van der Waals surface area contributed by atoms with E-state index in [0.29, 0.717) is 22.3 Å². The van der Waals surface area contributed by atoms with Crippen LogP contribution in [0.3, 0.4) is 0 Å². The predicted octanol–water partition coefficient (Wildman–Crippen LogP) is 2.95. The summed E-state index contributed by atoms with van der Waals surface area (Å²) < 4.78 is 56.1. The van der Waals surface area contributed by atoms with Crippen molar-refractivity contribution in [3.8, 4) is 11.1 Å². The standard InChI is InChI=1S/C40H46O18/c1-19(41)49-17-31-35(51-21(3)43)39(55-25(7)47)37(53-23(5)45)33(57-31)29-13-9-27(10-14-29)28-11-15-30(16-12-28)34-38(54-24(6)46)40(56-26(8)48)36(52-22(4)44)32(58-34)18-50-20(2)42/h9-16,31-40H,17-18H2,1-8H3/t31-,32+,33+,34-,35-,36+,37+,38-,39+,40-. The topological polar surface area (TPSA) is 229 Å². The van der Waals surface area contributed by atoms with E-state index in [4.69, 9.17) is 47.4 Å². The van der Waals surface area contributed by atoms with Crippen LogP contribution in [0.5, 0.6) is 0 Å². The lowest BCUT2D eigenvalue weighted by Crippen LogP contribution is -2.59. The molecular formula is C40H46O18. The maximum Gasteiger partial charge on any atom is 0.303 e. The van der Waals surface area contributed by atoms with E-state index in [-0.39, 0.29) is 13.2 Å². The van der Waals surface area contributed by atoms with Crippen LogP contribution in [0, 0.1) is 0 Å². The zero-order valence-electron chi connectivity index (χ0n) is 33.2. The molecule has 0 radical (unpaired) electrons. The third-order valence-electron chi connectivity index (χ3n) is 8.79. The quantitative estimate of drug-likeness (QED) is 0.209. The first-order valence-electron chi connectivity index (χ1n) is 18.2. The van der Waals surface area contributed by atoms with Crippen LogP contribution in [-0.4, -0.2) is 110 Å². The van der Waals surface area contributed by atoms with Crippen molar-refractivity contribution in [2.75, 3.05) is 13.2 Å². The highest BCUT2D eigenvalue weighted by atomic mass is 16.7. The van der Waals surface area contributed by atoms with E-state index in [2.05, 4.69) is 0 Å². The zero-order valence-corrected chi connectivity index (χ0v) is 33.2. The molecular weight excluding hydrogens is 768 g/mol. The third kappa shape index (κ3) is 12.1. The molecule has 0 unspecified atom stereocenters. The number of ether oxygens (including phenoxy) is 10. The molecule has 0 aromatic heterocycles. The highest BCUT2D eigenvalue weighted by Gasteiger charge is 2.54. The molecule has 58 heavy (non-hydrogen) atoms. The summed E-state index contributed by atoms with van der Waals surface area (Å²) in [4.78, 5) is 96.8. The summed E-state index contributed by atoms with van der Waals surface area (Å²) in [5, 5.41) is 0. The first-order chi connectivity index (χ1) is 27.3. The first-order valence-corrected chi connectivity index (χ1v) is 18.2. The Kier molecular flexibility index (Phi) is 15.5. The highest BCUT2D eigenvalue weighted by molar-refractivity contribution is 5.70. The summed E-state index contributed by atoms with van der Waals surface area (Å²) in [6.45, 7) is 8.46. The minimum absolute atomic E-state index is 0.377. The smallest absolute Gasteiger partial charge is 0.303 e. The second-order valence-electron chi connectivity index (χ2n) is 13.5. The molecule has 2 aromatic carbocycles. The number of esters is 8. The second kappa shape index (κ2) is 20.0. The molecule has 18 heteroatoms. The summed E-state index contributed by atoms with van der Waals surface area (Å²) in [7, 11) is 0. The van der Waals surface area contributed by atoms with Gasteiger partial charge in [-0.1, -0.05) is 48.5 Å². The lowest BCUT2D eigenvalue weighted by atomic mass is 9.89. The van der Waals surface area contributed by atoms with Crippen LogP contribution in [0.15, 0.2) is 48.5 Å². The van der Waals surface area contributed by atoms with Crippen molar-refractivity contribution in [3.05, 3.63) is 59.7 Å². The SMILES string of the molecule is CC(=O)OC[C@@H]1O[C@H](c2ccc(-c3ccc([C@@H]4O[C@H](COC(C)=O)[C@@H](OC(C)=O)[C@H](OC(C)=O)[C@H]4OC(C)=O)cc3)cc2)[C@@H](OC(C)=O)[C@H](OC(C)=O)[C@H]1OC(C)=O. The fraction of sp³-hybridized carbons (Fsp3) is 0.500. The Morgan fingerprint density at radius 3 is 0.897 bits per heavy atom. The van der Waals surface area contributed by atoms with E-state index in [1.807, 2.05) is 0 Å². The van der Waals surface area contributed by atoms with Gasteiger partial charge in [0, 0.05) is 55.4 Å². The van der Waals surface area contributed by atoms with Gasteiger partial charge >= 0.3 is 47.8 Å². The summed E-state index contributed by atoms with van der Waals surface area (Å²) in [5.74, 6) is -5.75. The maximum absolute atomic E-state index is 12.3. The summed E-state index contributed by atoms with van der Waals surface area (Å²) in [5.41, 5.74) is 2.33. The second-order valence-corrected chi connectivity index (χ2v) is 13.5. The summed E-state index contributed by atoms with van der Waals surface area (Å²) in [6, 6.07) is 13.7. The Hall–Kier alpha value is -5.88. The van der Waals surface area contributed by atoms with Crippen LogP contribution < -0.4 is 0 Å². The van der Waals surface area contributed by atoms with Gasteiger partial charge in [0.15, 0.2) is 36.6 Å². The molecule has 2 heterocycles. The molecule has 18 nitrogen and oxygen atoms in total. The molecule has 4 rings (SSSR count). The van der Waals surface area contributed by atoms with Crippen LogP contribution >= 0.6 is 0 Å². The molecule has 2 fully saturated rings. The molecule has 2 aliphatic rings. The van der Waals surface area contributed by atoms with Crippen molar-refractivity contribution in [3.63, 3.8) is 0 Å². The minimum atomic E-state index is -1.34. The predicted molar refractivity (Wildman–Crippen MR) is 194 cm³/mol. The van der Waals surface area contributed by atoms with Gasteiger partial charge in [0.2, 0.25) is 0 Å². The first kappa shape index (κ1) is 44.8. The Morgan fingerprint density at radius 2 is 0.638 bits per heavy atom. The summed E-state index contributed by atoms with van der Waals surface area (Å²) >= 11 is 0. The van der Waals surface area contributed by atoms with Gasteiger partial charge in [-0.2, -0.15) is 0 Å². The Morgan fingerprint density at radius 1 is 0.379 bits per heavy atom. The van der Waals surface area contributed by atoms with Crippen LogP contribution in [0.2, 0.25) is 0 Å². The molecule has 314 valence electrons. The minimum Gasteiger partial charge on any atom is -0.463 e. The monoisotopic (exact) mass is 814 g/mol. The van der Waals surface area contributed by atoms with Gasteiger partial charge in [0.1, 0.15) is 37.6 Å². The number of hydrogen-bond acceptors (Lipinski definition) is 18. The van der Waals surface area contributed by atoms with Crippen LogP contribution in [-0.2, 0) is 85.7 Å². The highest BCUT2D eigenvalue weighted by Crippen LogP contribution is 2.40. The number of carbonyl (C=O) groups excluding carboxylic acids is 8. The summed E-state index contributed by atoms with van der Waals surface area (Å²) in [6.07, 6.45) is -12.3. The van der Waals surface area contributed by atoms with Crippen molar-refractivity contribution >= 4 is 47.8 Å². The molecule has 0 N–H and O–H groups in total. The van der Waals surface area contributed by atoms with Gasteiger partial charge in [-0.25, -0.2) is 0 Å². The molecule has 0 saturated carbocycles. The van der Waals surface area contributed by atoms with E-state index in [1.54, 1.807) is 48.5 Å². The molecule has 2 saturated heterocycles. The molecule has 0 aliphatic carbocycles. The number of rotatable bonds is 13. The largest absolute Gasteiger partial charge is 0.463 e. The average Bonchev–Trinajstić information content (AvgIpc) is 3.12. The van der Waals surface area contributed by atoms with Gasteiger partial charge < -0.3 is 47.4 Å². The maximum atomic E-state index is 12.3. The van der Waals surface area contributed by atoms with Crippen LogP contribution in [0.1, 0.15) is 78.7 Å². The average molecular weight is 815 g/mol. The fourth-order valence-electron chi connectivity index (χ4n) is 6.72. The Labute approximate surface area is 333 Å². The van der Waals surface area contributed by atoms with Gasteiger partial charge in [0.25, 0.3) is 0 Å². The van der Waals surface area contributed by atoms with Gasteiger partial charge in [0.05, 0.1) is 0 Å². The van der Waals surface area contributed by atoms with Crippen molar-refractivity contribution in [2.45, 2.75) is 116 Å². The zero-order chi connectivity index (χ0) is 42.8. The van der Waals surface area contributed by atoms with Crippen LogP contribution in [0.25, 0.3) is 11.1 Å². The lowest BCUT2D eigenvalue weighted by molar-refractivity contribution is -0.254. The Bertz CT molecular complexity index is 1700. The molecule has 0 amide bonds. The number of benzene rings is 2. The van der Waals surface area contributed by atoms with E-state index in [9.17, 15) is 38.4 Å². The van der Waals surface area contributed by atoms with Crippen LogP contribution in [0.4, 0.5) is 0 Å². The van der Waals surface area contributed by atoms with E-state index in [1.165, 1.54) is 13.8 Å². The molecule has 2 aromatic rings. The van der Waals surface area contributed by atoms with Gasteiger partial charge in [-0.15, -0.1) is 0 Å². The van der Waals surface area contributed by atoms with Crippen molar-refractivity contribution in [2.24, 2.45) is 0 Å². The van der Waals surface area contributed by atoms with Gasteiger partial charge in [-0.3, -0.25) is 38.4 Å². The van der Waals surface area contributed by atoms with E-state index < -0.39 is 109 Å².